The van der Waals surface area contributed by atoms with Crippen LogP contribution in [0.1, 0.15) is 36.8 Å². The number of nitrogens with one attached hydrogen (secondary N) is 1. The number of carbonyl (C=O) groups excluding carboxylic acids is 1. The second-order valence-corrected chi connectivity index (χ2v) is 7.27. The molecule has 2 aromatic heterocycles. The number of carbonyl (C=O) groups is 1. The summed E-state index contributed by atoms with van der Waals surface area (Å²) in [6, 6.07) is 8.35. The Morgan fingerprint density at radius 3 is 2.50 bits per heavy atom. The maximum absolute atomic E-state index is 12.1. The molecule has 0 aliphatic carbocycles. The predicted octanol–water partition coefficient (Wildman–Crippen LogP) is 4.15. The van der Waals surface area contributed by atoms with E-state index in [4.69, 9.17) is 0 Å². The largest absolute Gasteiger partial charge is 0.296 e. The van der Waals surface area contributed by atoms with Crippen molar-refractivity contribution in [2.75, 3.05) is 5.32 Å². The highest BCUT2D eigenvalue weighted by Gasteiger charge is 2.14. The zero-order valence-electron chi connectivity index (χ0n) is 13.8. The molecule has 122 valence electrons. The monoisotopic (exact) mass is 338 g/mol. The first-order chi connectivity index (χ1) is 11.4. The van der Waals surface area contributed by atoms with Crippen LogP contribution in [0.4, 0.5) is 5.13 Å². The van der Waals surface area contributed by atoms with E-state index in [1.807, 2.05) is 5.38 Å². The van der Waals surface area contributed by atoms with Gasteiger partial charge in [-0.1, -0.05) is 45.0 Å². The van der Waals surface area contributed by atoms with E-state index in [2.05, 4.69) is 65.3 Å². The molecule has 0 radical (unpaired) electrons. The molecule has 6 heteroatoms. The minimum Gasteiger partial charge on any atom is -0.296 e. The SMILES string of the molecule is CC(C)(C)c1ccc(-c2csc(NC(=O)c3cnccn3)n2)cc1. The Balaban J connectivity index is 1.75. The van der Waals surface area contributed by atoms with Crippen LogP contribution in [0, 0.1) is 0 Å². The maximum Gasteiger partial charge on any atom is 0.277 e. The van der Waals surface area contributed by atoms with Crippen LogP contribution in [0.2, 0.25) is 0 Å². The van der Waals surface area contributed by atoms with E-state index >= 15 is 0 Å². The Hall–Kier alpha value is -2.60. The quantitative estimate of drug-likeness (QED) is 0.779. The molecular formula is C18H18N4OS. The molecule has 0 aliphatic rings. The number of amides is 1. The van der Waals surface area contributed by atoms with Gasteiger partial charge in [-0.3, -0.25) is 15.1 Å². The molecule has 0 fully saturated rings. The summed E-state index contributed by atoms with van der Waals surface area (Å²) in [6.45, 7) is 6.56. The van der Waals surface area contributed by atoms with Crippen molar-refractivity contribution in [2.45, 2.75) is 26.2 Å². The van der Waals surface area contributed by atoms with Gasteiger partial charge >= 0.3 is 0 Å². The van der Waals surface area contributed by atoms with E-state index < -0.39 is 0 Å². The van der Waals surface area contributed by atoms with E-state index in [-0.39, 0.29) is 17.0 Å². The topological polar surface area (TPSA) is 67.8 Å². The first kappa shape index (κ1) is 16.3. The van der Waals surface area contributed by atoms with E-state index in [0.29, 0.717) is 5.13 Å². The number of nitrogens with zero attached hydrogens (tertiary/aromatic N) is 3. The average molecular weight is 338 g/mol. The van der Waals surface area contributed by atoms with Gasteiger partial charge in [0.25, 0.3) is 5.91 Å². The molecule has 1 amide bonds. The van der Waals surface area contributed by atoms with Gasteiger partial charge in [0.2, 0.25) is 0 Å². The standard InChI is InChI=1S/C18H18N4OS/c1-18(2,3)13-6-4-12(5-7-13)15-11-24-17(21-15)22-16(23)14-10-19-8-9-20-14/h4-11H,1-3H3,(H,21,22,23). The van der Waals surface area contributed by atoms with Crippen LogP contribution in [0.25, 0.3) is 11.3 Å². The van der Waals surface area contributed by atoms with Gasteiger partial charge in [-0.25, -0.2) is 9.97 Å². The van der Waals surface area contributed by atoms with Crippen molar-refractivity contribution in [3.05, 3.63) is 59.5 Å². The normalized spacial score (nSPS) is 11.3. The summed E-state index contributed by atoms with van der Waals surface area (Å²) in [7, 11) is 0. The Bertz CT molecular complexity index is 835. The zero-order chi connectivity index (χ0) is 17.2. The van der Waals surface area contributed by atoms with Gasteiger partial charge in [-0.2, -0.15) is 0 Å². The predicted molar refractivity (Wildman–Crippen MR) is 96.2 cm³/mol. The van der Waals surface area contributed by atoms with E-state index in [1.54, 1.807) is 0 Å². The fourth-order valence-electron chi connectivity index (χ4n) is 2.18. The third-order valence-corrected chi connectivity index (χ3v) is 4.32. The molecule has 5 nitrogen and oxygen atoms in total. The van der Waals surface area contributed by atoms with Crippen LogP contribution in [0.3, 0.4) is 0 Å². The zero-order valence-corrected chi connectivity index (χ0v) is 14.6. The van der Waals surface area contributed by atoms with E-state index in [0.717, 1.165) is 11.3 Å². The van der Waals surface area contributed by atoms with Gasteiger partial charge < -0.3 is 0 Å². The van der Waals surface area contributed by atoms with Gasteiger partial charge in [0.05, 0.1) is 11.9 Å². The van der Waals surface area contributed by atoms with Crippen LogP contribution in [0.5, 0.6) is 0 Å². The maximum atomic E-state index is 12.1. The number of thiazole rings is 1. The lowest BCUT2D eigenvalue weighted by Crippen LogP contribution is -2.13. The Labute approximate surface area is 144 Å². The summed E-state index contributed by atoms with van der Waals surface area (Å²) in [5.74, 6) is -0.313. The summed E-state index contributed by atoms with van der Waals surface area (Å²) in [5, 5.41) is 5.22. The van der Waals surface area contributed by atoms with Gasteiger partial charge in [0.1, 0.15) is 5.69 Å². The van der Waals surface area contributed by atoms with Gasteiger partial charge in [-0.05, 0) is 11.0 Å². The average Bonchev–Trinajstić information content (AvgIpc) is 3.03. The molecule has 0 saturated heterocycles. The van der Waals surface area contributed by atoms with Crippen molar-refractivity contribution in [1.29, 1.82) is 0 Å². The highest BCUT2D eigenvalue weighted by Crippen LogP contribution is 2.28. The lowest BCUT2D eigenvalue weighted by atomic mass is 9.86. The lowest BCUT2D eigenvalue weighted by molar-refractivity contribution is 0.102. The minimum absolute atomic E-state index is 0.121. The van der Waals surface area contributed by atoms with Gasteiger partial charge in [0, 0.05) is 23.3 Å². The first-order valence-electron chi connectivity index (χ1n) is 7.57. The molecule has 0 saturated carbocycles. The summed E-state index contributed by atoms with van der Waals surface area (Å²) in [6.07, 6.45) is 4.44. The molecule has 3 aromatic rings. The Morgan fingerprint density at radius 1 is 1.12 bits per heavy atom. The number of rotatable bonds is 3. The highest BCUT2D eigenvalue weighted by molar-refractivity contribution is 7.14. The minimum atomic E-state index is -0.313. The van der Waals surface area contributed by atoms with Gasteiger partial charge in [-0.15, -0.1) is 11.3 Å². The first-order valence-corrected chi connectivity index (χ1v) is 8.45. The fraction of sp³-hybridized carbons (Fsp3) is 0.222. The Kier molecular flexibility index (Phi) is 4.40. The molecule has 1 aromatic carbocycles. The third kappa shape index (κ3) is 3.65. The summed E-state index contributed by atoms with van der Waals surface area (Å²) < 4.78 is 0. The van der Waals surface area contributed by atoms with Crippen LogP contribution in [0.15, 0.2) is 48.2 Å². The van der Waals surface area contributed by atoms with Crippen LogP contribution >= 0.6 is 11.3 Å². The van der Waals surface area contributed by atoms with Crippen LogP contribution in [-0.2, 0) is 5.41 Å². The molecule has 0 bridgehead atoms. The summed E-state index contributed by atoms with van der Waals surface area (Å²) in [4.78, 5) is 24.4. The van der Waals surface area contributed by atoms with Gasteiger partial charge in [0.15, 0.2) is 5.13 Å². The van der Waals surface area contributed by atoms with Crippen molar-refractivity contribution in [2.24, 2.45) is 0 Å². The van der Waals surface area contributed by atoms with Crippen LogP contribution in [-0.4, -0.2) is 20.9 Å². The summed E-state index contributed by atoms with van der Waals surface area (Å²) in [5.41, 5.74) is 3.53. The molecule has 2 heterocycles. The third-order valence-electron chi connectivity index (χ3n) is 3.57. The molecule has 0 spiro atoms. The van der Waals surface area contributed by atoms with E-state index in [1.165, 1.54) is 35.5 Å². The van der Waals surface area contributed by atoms with Crippen molar-refractivity contribution in [3.63, 3.8) is 0 Å². The van der Waals surface area contributed by atoms with Crippen molar-refractivity contribution in [1.82, 2.24) is 15.0 Å². The smallest absolute Gasteiger partial charge is 0.277 e. The van der Waals surface area contributed by atoms with Crippen LogP contribution < -0.4 is 5.32 Å². The number of benzene rings is 1. The molecule has 0 atom stereocenters. The highest BCUT2D eigenvalue weighted by atomic mass is 32.1. The molecular weight excluding hydrogens is 320 g/mol. The molecule has 3 rings (SSSR count). The number of anilines is 1. The lowest BCUT2D eigenvalue weighted by Gasteiger charge is -2.18. The molecule has 0 aliphatic heterocycles. The fourth-order valence-corrected chi connectivity index (χ4v) is 2.90. The summed E-state index contributed by atoms with van der Waals surface area (Å²) >= 11 is 1.39. The second-order valence-electron chi connectivity index (χ2n) is 6.41. The number of hydrogen-bond donors (Lipinski definition) is 1. The molecule has 0 unspecified atom stereocenters. The number of hydrogen-bond acceptors (Lipinski definition) is 5. The number of aromatic nitrogens is 3. The van der Waals surface area contributed by atoms with E-state index in [9.17, 15) is 4.79 Å². The Morgan fingerprint density at radius 2 is 1.88 bits per heavy atom. The van der Waals surface area contributed by atoms with Crippen molar-refractivity contribution >= 4 is 22.4 Å². The molecule has 24 heavy (non-hydrogen) atoms. The van der Waals surface area contributed by atoms with Crippen molar-refractivity contribution < 1.29 is 4.79 Å². The molecule has 1 N–H and O–H groups in total. The second kappa shape index (κ2) is 6.49. The van der Waals surface area contributed by atoms with Crippen molar-refractivity contribution in [3.8, 4) is 11.3 Å².